The minimum Gasteiger partial charge on any atom is -0.356 e. The van der Waals surface area contributed by atoms with Gasteiger partial charge in [0.2, 0.25) is 5.91 Å². The van der Waals surface area contributed by atoms with Gasteiger partial charge in [-0.1, -0.05) is 0 Å². The molecule has 0 radical (unpaired) electrons. The quantitative estimate of drug-likeness (QED) is 0.726. The van der Waals surface area contributed by atoms with Gasteiger partial charge in [-0.3, -0.25) is 14.4 Å². The molecule has 1 aromatic rings. The summed E-state index contributed by atoms with van der Waals surface area (Å²) in [7, 11) is 4.13. The number of amides is 1. The number of carbonyl (C=O) groups excluding carboxylic acids is 1. The molecule has 2 aliphatic rings. The third-order valence-corrected chi connectivity index (χ3v) is 5.54. The highest BCUT2D eigenvalue weighted by Crippen LogP contribution is 2.37. The number of rotatable bonds is 8. The van der Waals surface area contributed by atoms with Crippen molar-refractivity contribution in [2.24, 2.45) is 23.2 Å². The molecule has 1 fully saturated rings. The predicted octanol–water partition coefficient (Wildman–Crippen LogP) is 2.27. The Kier molecular flexibility index (Phi) is 5.72. The average Bonchev–Trinajstić information content (AvgIpc) is 3.29. The molecule has 0 spiro atoms. The van der Waals surface area contributed by atoms with Crippen LogP contribution in [0.2, 0.25) is 0 Å². The normalized spacial score (nSPS) is 24.2. The number of piperidine rings is 1. The Morgan fingerprint density at radius 3 is 2.88 bits per heavy atom. The Hall–Kier alpha value is -2.20. The molecule has 1 saturated heterocycles. The van der Waals surface area contributed by atoms with Crippen LogP contribution in [-0.2, 0) is 11.8 Å². The summed E-state index contributed by atoms with van der Waals surface area (Å²) in [5, 5.41) is 15.6. The van der Waals surface area contributed by atoms with Crippen LogP contribution in [0.4, 0.5) is 0 Å². The van der Waals surface area contributed by atoms with Gasteiger partial charge in [-0.05, 0) is 38.4 Å². The molecule has 3 rings (SSSR count). The van der Waals surface area contributed by atoms with Gasteiger partial charge in [-0.15, -0.1) is 12.3 Å². The maximum Gasteiger partial charge on any atom is 0.220 e. The number of aryl methyl sites for hydroxylation is 1. The largest absolute Gasteiger partial charge is 0.356 e. The highest BCUT2D eigenvalue weighted by atomic mass is 16.1. The second-order valence-electron chi connectivity index (χ2n) is 7.40. The van der Waals surface area contributed by atoms with Crippen molar-refractivity contribution in [2.45, 2.75) is 50.2 Å². The van der Waals surface area contributed by atoms with Crippen molar-refractivity contribution >= 4 is 5.91 Å². The van der Waals surface area contributed by atoms with Crippen LogP contribution in [0.1, 0.15) is 50.3 Å². The summed E-state index contributed by atoms with van der Waals surface area (Å²) >= 11 is 0. The van der Waals surface area contributed by atoms with Crippen LogP contribution < -0.4 is 5.32 Å². The topological polar surface area (TPSA) is 74.9 Å². The highest BCUT2D eigenvalue weighted by molar-refractivity contribution is 5.76. The zero-order valence-electron chi connectivity index (χ0n) is 15.7. The fourth-order valence-corrected chi connectivity index (χ4v) is 3.93. The molecule has 2 aliphatic heterocycles. The van der Waals surface area contributed by atoms with E-state index in [0.29, 0.717) is 31.7 Å². The molecule has 0 aromatic carbocycles. The van der Waals surface area contributed by atoms with E-state index in [9.17, 15) is 4.79 Å². The lowest BCUT2D eigenvalue weighted by Gasteiger charge is -2.39. The number of nitrogens with one attached hydrogen (secondary N) is 1. The average molecular weight is 356 g/mol. The van der Waals surface area contributed by atoms with Crippen LogP contribution in [0.15, 0.2) is 22.5 Å². The molecule has 1 N–H and O–H groups in total. The zero-order valence-corrected chi connectivity index (χ0v) is 15.7. The van der Waals surface area contributed by atoms with Gasteiger partial charge in [0.25, 0.3) is 0 Å². The summed E-state index contributed by atoms with van der Waals surface area (Å²) in [5.41, 5.74) is 0.821. The summed E-state index contributed by atoms with van der Waals surface area (Å²) in [6, 6.07) is 2.36. The molecule has 3 heterocycles. The molecule has 0 aliphatic carbocycles. The molecule has 1 aromatic heterocycles. The van der Waals surface area contributed by atoms with Crippen molar-refractivity contribution in [1.29, 1.82) is 0 Å². The van der Waals surface area contributed by atoms with E-state index in [1.54, 1.807) is 0 Å². The van der Waals surface area contributed by atoms with Crippen molar-refractivity contribution in [2.75, 3.05) is 20.1 Å². The number of nitrogens with zero attached hydrogens (tertiary/aromatic N) is 5. The number of hydrogen-bond acceptors (Lipinski definition) is 5. The van der Waals surface area contributed by atoms with Gasteiger partial charge in [0, 0.05) is 45.5 Å². The molecule has 0 saturated carbocycles. The standard InChI is InChI=1S/C19H28N6O/c1-4-5-10-19(22-23-19)11-8-17(26)20-14-15-7-6-13-24(2)18(15)16-9-12-21-25(16)3/h1,9,12,15,18H,5-8,10-11,13-14H2,2-3H3,(H,20,26)/t15-,18+/m0/s1. The van der Waals surface area contributed by atoms with Gasteiger partial charge in [-0.2, -0.15) is 15.3 Å². The number of likely N-dealkylation sites (tertiary alicyclic amines) is 1. The summed E-state index contributed by atoms with van der Waals surface area (Å²) in [6.45, 7) is 1.76. The van der Waals surface area contributed by atoms with E-state index < -0.39 is 0 Å². The number of carbonyl (C=O) groups is 1. The smallest absolute Gasteiger partial charge is 0.220 e. The van der Waals surface area contributed by atoms with Gasteiger partial charge in [0.15, 0.2) is 5.66 Å². The van der Waals surface area contributed by atoms with E-state index in [0.717, 1.165) is 25.8 Å². The summed E-state index contributed by atoms with van der Waals surface area (Å²) in [5.74, 6) is 3.07. The van der Waals surface area contributed by atoms with E-state index in [1.165, 1.54) is 5.69 Å². The van der Waals surface area contributed by atoms with Crippen LogP contribution in [-0.4, -0.2) is 46.4 Å². The van der Waals surface area contributed by atoms with Gasteiger partial charge >= 0.3 is 0 Å². The Labute approximate surface area is 155 Å². The monoisotopic (exact) mass is 356 g/mol. The van der Waals surface area contributed by atoms with Crippen LogP contribution in [0.25, 0.3) is 0 Å². The molecule has 26 heavy (non-hydrogen) atoms. The first kappa shape index (κ1) is 18.6. The number of hydrogen-bond donors (Lipinski definition) is 1. The third-order valence-electron chi connectivity index (χ3n) is 5.54. The summed E-state index contributed by atoms with van der Waals surface area (Å²) in [6.07, 6.45) is 11.9. The van der Waals surface area contributed by atoms with Gasteiger partial charge in [-0.25, -0.2) is 0 Å². The van der Waals surface area contributed by atoms with Gasteiger partial charge in [0.05, 0.1) is 11.7 Å². The van der Waals surface area contributed by atoms with E-state index in [2.05, 4.69) is 44.6 Å². The van der Waals surface area contributed by atoms with Crippen LogP contribution in [0.3, 0.4) is 0 Å². The second kappa shape index (κ2) is 8.00. The fraction of sp³-hybridized carbons (Fsp3) is 0.684. The molecule has 0 unspecified atom stereocenters. The Balaban J connectivity index is 1.50. The summed E-state index contributed by atoms with van der Waals surface area (Å²) in [4.78, 5) is 14.7. The molecular weight excluding hydrogens is 328 g/mol. The first-order valence-corrected chi connectivity index (χ1v) is 9.37. The number of aromatic nitrogens is 2. The van der Waals surface area contributed by atoms with Crippen molar-refractivity contribution in [3.05, 3.63) is 18.0 Å². The molecular formula is C19H28N6O. The maximum absolute atomic E-state index is 12.3. The Morgan fingerprint density at radius 1 is 1.42 bits per heavy atom. The van der Waals surface area contributed by atoms with Crippen LogP contribution in [0.5, 0.6) is 0 Å². The van der Waals surface area contributed by atoms with Crippen LogP contribution in [0, 0.1) is 18.3 Å². The van der Waals surface area contributed by atoms with E-state index in [1.807, 2.05) is 17.9 Å². The SMILES string of the molecule is C#CCCC1(CCC(=O)NC[C@@H]2CCCN(C)[C@H]2c2ccnn2C)N=N1. The lowest BCUT2D eigenvalue weighted by atomic mass is 9.87. The van der Waals surface area contributed by atoms with Gasteiger partial charge < -0.3 is 5.32 Å². The molecule has 7 heteroatoms. The van der Waals surface area contributed by atoms with Crippen molar-refractivity contribution in [3.63, 3.8) is 0 Å². The lowest BCUT2D eigenvalue weighted by Crippen LogP contribution is -2.42. The Bertz CT molecular complexity index is 697. The van der Waals surface area contributed by atoms with Crippen molar-refractivity contribution < 1.29 is 4.79 Å². The predicted molar refractivity (Wildman–Crippen MR) is 99.2 cm³/mol. The first-order chi connectivity index (χ1) is 12.5. The minimum atomic E-state index is -0.383. The highest BCUT2D eigenvalue weighted by Gasteiger charge is 2.39. The van der Waals surface area contributed by atoms with Gasteiger partial charge in [0.1, 0.15) is 0 Å². The molecule has 140 valence electrons. The molecule has 2 atom stereocenters. The van der Waals surface area contributed by atoms with E-state index in [4.69, 9.17) is 6.42 Å². The van der Waals surface area contributed by atoms with E-state index in [-0.39, 0.29) is 17.6 Å². The summed E-state index contributed by atoms with van der Waals surface area (Å²) < 4.78 is 1.94. The molecule has 1 amide bonds. The lowest BCUT2D eigenvalue weighted by molar-refractivity contribution is -0.121. The minimum absolute atomic E-state index is 0.0689. The molecule has 0 bridgehead atoms. The van der Waals surface area contributed by atoms with Crippen molar-refractivity contribution in [1.82, 2.24) is 20.0 Å². The van der Waals surface area contributed by atoms with E-state index >= 15 is 0 Å². The fourth-order valence-electron chi connectivity index (χ4n) is 3.93. The maximum atomic E-state index is 12.3. The second-order valence-corrected chi connectivity index (χ2v) is 7.40. The van der Waals surface area contributed by atoms with Crippen LogP contribution >= 0.6 is 0 Å². The first-order valence-electron chi connectivity index (χ1n) is 9.37. The molecule has 7 nitrogen and oxygen atoms in total. The van der Waals surface area contributed by atoms with Crippen molar-refractivity contribution in [3.8, 4) is 12.3 Å². The zero-order chi connectivity index (χ0) is 18.6. The Morgan fingerprint density at radius 2 is 2.23 bits per heavy atom. The number of terminal acetylenes is 1. The third kappa shape index (κ3) is 4.31.